The Morgan fingerprint density at radius 3 is 2.63 bits per heavy atom. The molecule has 0 saturated carbocycles. The largest absolute Gasteiger partial charge is 0.447 e. The number of benzene rings is 2. The van der Waals surface area contributed by atoms with Crippen molar-refractivity contribution in [1.29, 1.82) is 0 Å². The fourth-order valence-electron chi connectivity index (χ4n) is 4.49. The Morgan fingerprint density at radius 1 is 0.943 bits per heavy atom. The number of aromatic nitrogens is 1. The van der Waals surface area contributed by atoms with Crippen LogP contribution < -0.4 is 9.64 Å². The lowest BCUT2D eigenvalue weighted by molar-refractivity contribution is 0.490. The van der Waals surface area contributed by atoms with Gasteiger partial charge in [0.05, 0.1) is 12.4 Å². The normalized spacial score (nSPS) is 13.9. The smallest absolute Gasteiger partial charge is 0.182 e. The zero-order valence-corrected chi connectivity index (χ0v) is 21.9. The van der Waals surface area contributed by atoms with Crippen LogP contribution >= 0.6 is 22.7 Å². The first-order chi connectivity index (χ1) is 16.8. The summed E-state index contributed by atoms with van der Waals surface area (Å²) in [6.45, 7) is 7.57. The highest BCUT2D eigenvalue weighted by molar-refractivity contribution is 7.22. The Kier molecular flexibility index (Phi) is 5.31. The van der Waals surface area contributed by atoms with Gasteiger partial charge in [0.25, 0.3) is 0 Å². The maximum absolute atomic E-state index is 6.40. The third kappa shape index (κ3) is 4.17. The second kappa shape index (κ2) is 8.40. The minimum absolute atomic E-state index is 0.0621. The molecule has 176 valence electrons. The van der Waals surface area contributed by atoms with Crippen LogP contribution in [0.1, 0.15) is 26.3 Å². The summed E-state index contributed by atoms with van der Waals surface area (Å²) in [7, 11) is 2.07. The molecular formula is C29H27N3OS2. The average Bonchev–Trinajstić information content (AvgIpc) is 3.56. The Labute approximate surface area is 213 Å². The van der Waals surface area contributed by atoms with E-state index in [0.717, 1.165) is 28.9 Å². The highest BCUT2D eigenvalue weighted by Gasteiger charge is 2.19. The first-order valence-electron chi connectivity index (χ1n) is 11.7. The molecule has 0 amide bonds. The van der Waals surface area contributed by atoms with Gasteiger partial charge in [-0.15, -0.1) is 11.3 Å². The maximum atomic E-state index is 6.40. The summed E-state index contributed by atoms with van der Waals surface area (Å²) in [5, 5.41) is 5.49. The molecular weight excluding hydrogens is 470 g/mol. The van der Waals surface area contributed by atoms with Crippen LogP contribution in [0.5, 0.6) is 10.8 Å². The van der Waals surface area contributed by atoms with Gasteiger partial charge in [0.15, 0.2) is 5.06 Å². The molecule has 0 spiro atoms. The van der Waals surface area contributed by atoms with Crippen molar-refractivity contribution >= 4 is 48.5 Å². The number of ether oxygens (including phenoxy) is 1. The molecule has 3 aromatic heterocycles. The van der Waals surface area contributed by atoms with E-state index in [1.807, 2.05) is 18.3 Å². The summed E-state index contributed by atoms with van der Waals surface area (Å²) >= 11 is 3.46. The molecule has 4 nitrogen and oxygen atoms in total. The highest BCUT2D eigenvalue weighted by atomic mass is 32.1. The summed E-state index contributed by atoms with van der Waals surface area (Å²) in [5.41, 5.74) is 4.67. The molecule has 6 rings (SSSR count). The van der Waals surface area contributed by atoms with Gasteiger partial charge in [-0.3, -0.25) is 4.98 Å². The van der Waals surface area contributed by atoms with Crippen LogP contribution in [0.4, 0.5) is 5.69 Å². The Hall–Kier alpha value is -3.35. The molecule has 0 N–H and O–H groups in total. The van der Waals surface area contributed by atoms with Gasteiger partial charge in [-0.2, -0.15) is 0 Å². The third-order valence-electron chi connectivity index (χ3n) is 6.36. The van der Waals surface area contributed by atoms with Crippen molar-refractivity contribution in [3.05, 3.63) is 84.1 Å². The second-order valence-corrected chi connectivity index (χ2v) is 12.0. The van der Waals surface area contributed by atoms with Crippen molar-refractivity contribution in [2.24, 2.45) is 0 Å². The number of nitrogens with zero attached hydrogens (tertiary/aromatic N) is 3. The number of anilines is 1. The lowest BCUT2D eigenvalue weighted by Gasteiger charge is -2.19. The van der Waals surface area contributed by atoms with E-state index in [2.05, 4.69) is 97.9 Å². The third-order valence-corrected chi connectivity index (χ3v) is 8.18. The van der Waals surface area contributed by atoms with Gasteiger partial charge in [0, 0.05) is 69.2 Å². The van der Waals surface area contributed by atoms with Gasteiger partial charge in [-0.25, -0.2) is 0 Å². The zero-order valence-electron chi connectivity index (χ0n) is 20.3. The summed E-state index contributed by atoms with van der Waals surface area (Å²) < 4.78 is 8.89. The van der Waals surface area contributed by atoms with Crippen LogP contribution in [-0.2, 0) is 5.41 Å². The molecule has 5 aromatic rings. The topological polar surface area (TPSA) is 28.6 Å². The van der Waals surface area contributed by atoms with Crippen LogP contribution in [0.25, 0.3) is 31.4 Å². The lowest BCUT2D eigenvalue weighted by atomic mass is 9.86. The number of thiophene rings is 2. The van der Waals surface area contributed by atoms with Crippen LogP contribution in [0.2, 0.25) is 0 Å². The van der Waals surface area contributed by atoms with E-state index in [-0.39, 0.29) is 5.41 Å². The average molecular weight is 498 g/mol. The predicted octanol–water partition coefficient (Wildman–Crippen LogP) is 8.45. The van der Waals surface area contributed by atoms with Gasteiger partial charge in [0.2, 0.25) is 0 Å². The molecule has 4 heterocycles. The maximum Gasteiger partial charge on any atom is 0.182 e. The van der Waals surface area contributed by atoms with E-state index in [1.165, 1.54) is 31.3 Å². The lowest BCUT2D eigenvalue weighted by Crippen LogP contribution is -2.21. The van der Waals surface area contributed by atoms with Crippen molar-refractivity contribution in [2.75, 3.05) is 18.6 Å². The molecule has 0 fully saturated rings. The van der Waals surface area contributed by atoms with Crippen LogP contribution in [0, 0.1) is 0 Å². The zero-order chi connectivity index (χ0) is 24.2. The summed E-state index contributed by atoms with van der Waals surface area (Å²) in [6, 6.07) is 19.3. The Balaban J connectivity index is 1.42. The van der Waals surface area contributed by atoms with Crippen LogP contribution in [0.3, 0.4) is 0 Å². The van der Waals surface area contributed by atoms with Crippen LogP contribution in [0.15, 0.2) is 78.6 Å². The molecule has 0 saturated heterocycles. The van der Waals surface area contributed by atoms with E-state index >= 15 is 0 Å². The molecule has 1 aliphatic heterocycles. The van der Waals surface area contributed by atoms with E-state index in [4.69, 9.17) is 9.72 Å². The van der Waals surface area contributed by atoms with Gasteiger partial charge in [-0.05, 0) is 52.8 Å². The number of hydrogen-bond acceptors (Lipinski definition) is 6. The van der Waals surface area contributed by atoms with Gasteiger partial charge in [-0.1, -0.05) is 38.2 Å². The number of rotatable bonds is 4. The standard InChI is InChI=1S/C29H27N3OS2/c1-29(2,3)19-8-10-30-24(14-19)28-22-9-13-34-25(22)17-26-23(28)16-27(35-26)33-21-7-5-6-20(15-21)32-12-11-31(4)18-32/h5-17H,18H2,1-4H3. The molecule has 2 aromatic carbocycles. The summed E-state index contributed by atoms with van der Waals surface area (Å²) in [6.07, 6.45) is 6.11. The van der Waals surface area contributed by atoms with Crippen molar-refractivity contribution in [3.8, 4) is 22.1 Å². The van der Waals surface area contributed by atoms with E-state index in [9.17, 15) is 0 Å². The van der Waals surface area contributed by atoms with Crippen molar-refractivity contribution in [1.82, 2.24) is 9.88 Å². The SMILES string of the molecule is CN1C=CN(c2cccc(Oc3cc4c(-c5cc(C(C)(C)C)ccn5)c5ccsc5cc4s3)c2)C1. The van der Waals surface area contributed by atoms with Gasteiger partial charge < -0.3 is 14.5 Å². The number of fused-ring (bicyclic) bond motifs is 2. The first-order valence-corrected chi connectivity index (χ1v) is 13.4. The molecule has 6 heteroatoms. The fraction of sp³-hybridized carbons (Fsp3) is 0.207. The van der Waals surface area contributed by atoms with Crippen molar-refractivity contribution in [2.45, 2.75) is 26.2 Å². The Bertz CT molecular complexity index is 1570. The van der Waals surface area contributed by atoms with Crippen molar-refractivity contribution in [3.63, 3.8) is 0 Å². The minimum atomic E-state index is 0.0621. The van der Waals surface area contributed by atoms with Gasteiger partial charge >= 0.3 is 0 Å². The van der Waals surface area contributed by atoms with E-state index in [1.54, 1.807) is 22.7 Å². The molecule has 0 aliphatic carbocycles. The number of pyridine rings is 1. The second-order valence-electron chi connectivity index (χ2n) is 10.0. The van der Waals surface area contributed by atoms with Crippen molar-refractivity contribution < 1.29 is 4.74 Å². The minimum Gasteiger partial charge on any atom is -0.447 e. The fourth-order valence-corrected chi connectivity index (χ4v) is 6.37. The quantitative estimate of drug-likeness (QED) is 0.249. The van der Waals surface area contributed by atoms with Crippen LogP contribution in [-0.4, -0.2) is 23.6 Å². The monoisotopic (exact) mass is 497 g/mol. The van der Waals surface area contributed by atoms with E-state index < -0.39 is 0 Å². The van der Waals surface area contributed by atoms with E-state index in [0.29, 0.717) is 0 Å². The van der Waals surface area contributed by atoms with Gasteiger partial charge in [0.1, 0.15) is 5.75 Å². The summed E-state index contributed by atoms with van der Waals surface area (Å²) in [5.74, 6) is 0.841. The first kappa shape index (κ1) is 22.1. The molecule has 0 atom stereocenters. The molecule has 35 heavy (non-hydrogen) atoms. The highest BCUT2D eigenvalue weighted by Crippen LogP contribution is 2.45. The molecule has 0 radical (unpaired) electrons. The number of hydrogen-bond donors (Lipinski definition) is 0. The predicted molar refractivity (Wildman–Crippen MR) is 150 cm³/mol. The molecule has 0 unspecified atom stereocenters. The summed E-state index contributed by atoms with van der Waals surface area (Å²) in [4.78, 5) is 9.17. The molecule has 0 bridgehead atoms. The Morgan fingerprint density at radius 2 is 1.83 bits per heavy atom. The molecule has 1 aliphatic rings.